The average molecular weight is 348 g/mol. The molecule has 0 saturated heterocycles. The van der Waals surface area contributed by atoms with Gasteiger partial charge < -0.3 is 10.2 Å². The summed E-state index contributed by atoms with van der Waals surface area (Å²) in [5.41, 5.74) is 1.68. The van der Waals surface area contributed by atoms with Gasteiger partial charge in [-0.3, -0.25) is 4.79 Å². The van der Waals surface area contributed by atoms with Gasteiger partial charge in [-0.15, -0.1) is 11.8 Å². The Kier molecular flexibility index (Phi) is 5.04. The fraction of sp³-hybridized carbons (Fsp3) is 0.278. The minimum atomic E-state index is -0.609. The molecule has 1 aliphatic heterocycles. The number of thioether (sulfide) groups is 1. The monoisotopic (exact) mass is 348 g/mol. The molecule has 3 nitrogen and oxygen atoms in total. The number of hydrogen-bond donors (Lipinski definition) is 1. The molecule has 0 spiro atoms. The number of hydrogen-bond acceptors (Lipinski definition) is 3. The van der Waals surface area contributed by atoms with E-state index in [2.05, 4.69) is 5.32 Å². The van der Waals surface area contributed by atoms with Gasteiger partial charge in [0.25, 0.3) is 0 Å². The molecular formula is C18H18F2N2OS. The van der Waals surface area contributed by atoms with Crippen molar-refractivity contribution in [1.82, 2.24) is 0 Å². The quantitative estimate of drug-likeness (QED) is 0.845. The Morgan fingerprint density at radius 2 is 2.12 bits per heavy atom. The van der Waals surface area contributed by atoms with Gasteiger partial charge in [0.1, 0.15) is 11.6 Å². The van der Waals surface area contributed by atoms with E-state index in [4.69, 9.17) is 0 Å². The van der Waals surface area contributed by atoms with Crippen molar-refractivity contribution in [2.45, 2.75) is 17.7 Å². The molecular weight excluding hydrogens is 330 g/mol. The van der Waals surface area contributed by atoms with Crippen molar-refractivity contribution < 1.29 is 13.6 Å². The first kappa shape index (κ1) is 16.8. The summed E-state index contributed by atoms with van der Waals surface area (Å²) in [5.74, 6) is -1.40. The van der Waals surface area contributed by atoms with Crippen LogP contribution < -0.4 is 10.2 Å². The third kappa shape index (κ3) is 3.70. The lowest BCUT2D eigenvalue weighted by Gasteiger charge is -2.31. The Bertz CT molecular complexity index is 767. The van der Waals surface area contributed by atoms with Crippen molar-refractivity contribution >= 4 is 29.0 Å². The molecule has 0 fully saturated rings. The SMILES string of the molecule is CSc1cccc(NC(=O)CN2CCCc3cc(F)cc(F)c32)c1. The van der Waals surface area contributed by atoms with Gasteiger partial charge in [-0.05, 0) is 48.9 Å². The highest BCUT2D eigenvalue weighted by Crippen LogP contribution is 2.30. The van der Waals surface area contributed by atoms with Crippen molar-refractivity contribution in [2.75, 3.05) is 29.6 Å². The van der Waals surface area contributed by atoms with Gasteiger partial charge in [-0.1, -0.05) is 6.07 Å². The standard InChI is InChI=1S/C18H18F2N2OS/c1-24-15-6-2-5-14(10-15)21-17(23)11-22-7-3-4-12-8-13(19)9-16(20)18(12)22/h2,5-6,8-10H,3-4,7,11H2,1H3,(H,21,23). The van der Waals surface area contributed by atoms with Gasteiger partial charge in [0.2, 0.25) is 5.91 Å². The van der Waals surface area contributed by atoms with Crippen LogP contribution in [0.25, 0.3) is 0 Å². The van der Waals surface area contributed by atoms with Crippen LogP contribution in [0.15, 0.2) is 41.3 Å². The van der Waals surface area contributed by atoms with E-state index in [0.717, 1.165) is 17.4 Å². The minimum absolute atomic E-state index is 0.0407. The largest absolute Gasteiger partial charge is 0.360 e. The first-order valence-corrected chi connectivity index (χ1v) is 8.96. The fourth-order valence-corrected chi connectivity index (χ4v) is 3.43. The first-order chi connectivity index (χ1) is 11.6. The molecule has 1 N–H and O–H groups in total. The van der Waals surface area contributed by atoms with Crippen LogP contribution in [0.4, 0.5) is 20.2 Å². The summed E-state index contributed by atoms with van der Waals surface area (Å²) in [5, 5.41) is 2.84. The summed E-state index contributed by atoms with van der Waals surface area (Å²) in [6.07, 6.45) is 3.36. The van der Waals surface area contributed by atoms with Gasteiger partial charge in [0.05, 0.1) is 12.2 Å². The second kappa shape index (κ2) is 7.21. The van der Waals surface area contributed by atoms with E-state index in [-0.39, 0.29) is 12.5 Å². The highest BCUT2D eigenvalue weighted by Gasteiger charge is 2.23. The normalized spacial score (nSPS) is 13.5. The number of halogens is 2. The average Bonchev–Trinajstić information content (AvgIpc) is 2.54. The van der Waals surface area contributed by atoms with Gasteiger partial charge in [0, 0.05) is 23.2 Å². The molecule has 3 rings (SSSR count). The zero-order chi connectivity index (χ0) is 17.1. The number of benzene rings is 2. The summed E-state index contributed by atoms with van der Waals surface area (Å²) in [6.45, 7) is 0.618. The number of nitrogens with zero attached hydrogens (tertiary/aromatic N) is 1. The van der Waals surface area contributed by atoms with Crippen LogP contribution in [0, 0.1) is 11.6 Å². The number of nitrogens with one attached hydrogen (secondary N) is 1. The van der Waals surface area contributed by atoms with Crippen molar-refractivity contribution in [2.24, 2.45) is 0 Å². The number of carbonyl (C=O) groups excluding carboxylic acids is 1. The van der Waals surface area contributed by atoms with E-state index in [1.54, 1.807) is 16.7 Å². The van der Waals surface area contributed by atoms with Crippen LogP contribution in [-0.4, -0.2) is 25.3 Å². The molecule has 0 atom stereocenters. The molecule has 0 radical (unpaired) electrons. The lowest BCUT2D eigenvalue weighted by molar-refractivity contribution is -0.115. The van der Waals surface area contributed by atoms with Crippen molar-refractivity contribution in [3.05, 3.63) is 53.6 Å². The maximum absolute atomic E-state index is 14.1. The highest BCUT2D eigenvalue weighted by molar-refractivity contribution is 7.98. The van der Waals surface area contributed by atoms with Gasteiger partial charge in [-0.25, -0.2) is 8.78 Å². The molecule has 0 saturated carbocycles. The summed E-state index contributed by atoms with van der Waals surface area (Å²) in [7, 11) is 0. The molecule has 1 amide bonds. The maximum atomic E-state index is 14.1. The van der Waals surface area contributed by atoms with Gasteiger partial charge in [-0.2, -0.15) is 0 Å². The molecule has 6 heteroatoms. The number of rotatable bonds is 4. The van der Waals surface area contributed by atoms with E-state index in [1.165, 1.54) is 6.07 Å². The smallest absolute Gasteiger partial charge is 0.243 e. The number of fused-ring (bicyclic) bond motifs is 1. The zero-order valence-corrected chi connectivity index (χ0v) is 14.1. The molecule has 2 aromatic rings. The Hall–Kier alpha value is -2.08. The Morgan fingerprint density at radius 3 is 2.92 bits per heavy atom. The van der Waals surface area contributed by atoms with Crippen LogP contribution in [0.3, 0.4) is 0 Å². The molecule has 0 aliphatic carbocycles. The summed E-state index contributed by atoms with van der Waals surface area (Å²) in [4.78, 5) is 15.0. The van der Waals surface area contributed by atoms with Crippen LogP contribution >= 0.6 is 11.8 Å². The van der Waals surface area contributed by atoms with Crippen molar-refractivity contribution in [3.63, 3.8) is 0 Å². The molecule has 24 heavy (non-hydrogen) atoms. The van der Waals surface area contributed by atoms with E-state index in [1.807, 2.05) is 30.5 Å². The van der Waals surface area contributed by atoms with E-state index in [0.29, 0.717) is 29.9 Å². The third-order valence-electron chi connectivity index (χ3n) is 3.99. The predicted molar refractivity (Wildman–Crippen MR) is 93.7 cm³/mol. The summed E-state index contributed by atoms with van der Waals surface area (Å²) < 4.78 is 27.5. The second-order valence-corrected chi connectivity index (χ2v) is 6.58. The van der Waals surface area contributed by atoms with Crippen molar-refractivity contribution in [3.8, 4) is 0 Å². The van der Waals surface area contributed by atoms with E-state index in [9.17, 15) is 13.6 Å². The zero-order valence-electron chi connectivity index (χ0n) is 13.3. The maximum Gasteiger partial charge on any atom is 0.243 e. The molecule has 1 heterocycles. The lowest BCUT2D eigenvalue weighted by Crippen LogP contribution is -2.37. The first-order valence-electron chi connectivity index (χ1n) is 7.73. The molecule has 2 aromatic carbocycles. The molecule has 0 bridgehead atoms. The molecule has 0 unspecified atom stereocenters. The lowest BCUT2D eigenvalue weighted by atomic mass is 10.0. The number of aryl methyl sites for hydroxylation is 1. The van der Waals surface area contributed by atoms with E-state index < -0.39 is 11.6 Å². The van der Waals surface area contributed by atoms with Gasteiger partial charge >= 0.3 is 0 Å². The summed E-state index contributed by atoms with van der Waals surface area (Å²) >= 11 is 1.59. The van der Waals surface area contributed by atoms with Gasteiger partial charge in [0.15, 0.2) is 0 Å². The van der Waals surface area contributed by atoms with E-state index >= 15 is 0 Å². The Labute approximate surface area is 144 Å². The van der Waals surface area contributed by atoms with Crippen molar-refractivity contribution in [1.29, 1.82) is 0 Å². The number of anilines is 2. The highest BCUT2D eigenvalue weighted by atomic mass is 32.2. The topological polar surface area (TPSA) is 32.3 Å². The third-order valence-corrected chi connectivity index (χ3v) is 4.71. The molecule has 0 aromatic heterocycles. The Balaban J connectivity index is 1.74. The molecule has 126 valence electrons. The van der Waals surface area contributed by atoms with Crippen LogP contribution in [0.1, 0.15) is 12.0 Å². The number of carbonyl (C=O) groups is 1. The summed E-state index contributed by atoms with van der Waals surface area (Å²) in [6, 6.07) is 9.77. The Morgan fingerprint density at radius 1 is 1.29 bits per heavy atom. The van der Waals surface area contributed by atoms with Crippen LogP contribution in [-0.2, 0) is 11.2 Å². The van der Waals surface area contributed by atoms with Crippen LogP contribution in [0.5, 0.6) is 0 Å². The number of amides is 1. The van der Waals surface area contributed by atoms with Crippen LogP contribution in [0.2, 0.25) is 0 Å². The second-order valence-electron chi connectivity index (χ2n) is 5.70. The fourth-order valence-electron chi connectivity index (χ4n) is 2.97. The minimum Gasteiger partial charge on any atom is -0.360 e. The predicted octanol–water partition coefficient (Wildman–Crippen LogP) is 4.08. The molecule has 1 aliphatic rings.